The second kappa shape index (κ2) is 12.4. The number of rotatable bonds is 13. The second-order valence-electron chi connectivity index (χ2n) is 7.09. The zero-order valence-corrected chi connectivity index (χ0v) is 17.2. The van der Waals surface area contributed by atoms with Crippen molar-refractivity contribution in [3.63, 3.8) is 0 Å². The first-order valence-electron chi connectivity index (χ1n) is 10.3. The summed E-state index contributed by atoms with van der Waals surface area (Å²) in [7, 11) is 1.71. The average Bonchev–Trinajstić information content (AvgIpc) is 2.69. The summed E-state index contributed by atoms with van der Waals surface area (Å²) in [6.07, 6.45) is 7.59. The smallest absolute Gasteiger partial charge is 0.165 e. The number of methoxy groups -OCH3 is 1. The van der Waals surface area contributed by atoms with Crippen LogP contribution in [0.15, 0.2) is 42.5 Å². The summed E-state index contributed by atoms with van der Waals surface area (Å²) < 4.78 is 11.7. The fourth-order valence-corrected chi connectivity index (χ4v) is 3.22. The number of unbranched alkanes of at least 4 members (excludes halogenated alkanes) is 5. The van der Waals surface area contributed by atoms with Crippen molar-refractivity contribution in [1.29, 1.82) is 0 Å². The van der Waals surface area contributed by atoms with E-state index in [9.17, 15) is 0 Å². The lowest BCUT2D eigenvalue weighted by Crippen LogP contribution is -2.15. The fraction of sp³-hybridized carbons (Fsp3) is 0.500. The molecule has 3 heteroatoms. The molecule has 2 rings (SSSR count). The Labute approximate surface area is 165 Å². The van der Waals surface area contributed by atoms with Gasteiger partial charge in [0.15, 0.2) is 11.5 Å². The molecule has 0 amide bonds. The summed E-state index contributed by atoms with van der Waals surface area (Å²) in [5, 5.41) is 3.54. The zero-order valence-electron chi connectivity index (χ0n) is 17.2. The molecule has 0 aliphatic heterocycles. The van der Waals surface area contributed by atoms with Crippen molar-refractivity contribution in [1.82, 2.24) is 5.32 Å². The molecule has 0 aliphatic rings. The van der Waals surface area contributed by atoms with Crippen molar-refractivity contribution < 1.29 is 9.47 Å². The SMILES string of the molecule is CCCCCCCCOc1c(CNCc2ccccc2C)cccc1OC. The number of nitrogens with one attached hydrogen (secondary N) is 1. The van der Waals surface area contributed by atoms with Gasteiger partial charge < -0.3 is 14.8 Å². The highest BCUT2D eigenvalue weighted by Crippen LogP contribution is 2.31. The van der Waals surface area contributed by atoms with Gasteiger partial charge in [0.05, 0.1) is 13.7 Å². The average molecular weight is 370 g/mol. The van der Waals surface area contributed by atoms with Crippen LogP contribution >= 0.6 is 0 Å². The number of ether oxygens (including phenoxy) is 2. The highest BCUT2D eigenvalue weighted by molar-refractivity contribution is 5.46. The number of para-hydroxylation sites is 1. The van der Waals surface area contributed by atoms with Crippen LogP contribution in [0.2, 0.25) is 0 Å². The lowest BCUT2D eigenvalue weighted by atomic mass is 10.1. The van der Waals surface area contributed by atoms with Crippen LogP contribution in [0.25, 0.3) is 0 Å². The fourth-order valence-electron chi connectivity index (χ4n) is 3.22. The molecular formula is C24H35NO2. The largest absolute Gasteiger partial charge is 0.493 e. The highest BCUT2D eigenvalue weighted by atomic mass is 16.5. The quantitative estimate of drug-likeness (QED) is 0.437. The molecule has 3 nitrogen and oxygen atoms in total. The normalized spacial score (nSPS) is 10.8. The molecule has 0 fully saturated rings. The predicted molar refractivity (Wildman–Crippen MR) is 114 cm³/mol. The highest BCUT2D eigenvalue weighted by Gasteiger charge is 2.10. The van der Waals surface area contributed by atoms with Crippen LogP contribution < -0.4 is 14.8 Å². The van der Waals surface area contributed by atoms with Gasteiger partial charge in [0.2, 0.25) is 0 Å². The van der Waals surface area contributed by atoms with E-state index in [4.69, 9.17) is 9.47 Å². The third kappa shape index (κ3) is 7.26. The van der Waals surface area contributed by atoms with E-state index in [1.165, 1.54) is 43.2 Å². The molecule has 0 saturated carbocycles. The van der Waals surface area contributed by atoms with Crippen LogP contribution in [0.5, 0.6) is 11.5 Å². The zero-order chi connectivity index (χ0) is 19.3. The van der Waals surface area contributed by atoms with Gasteiger partial charge in [-0.15, -0.1) is 0 Å². The van der Waals surface area contributed by atoms with Gasteiger partial charge in [-0.3, -0.25) is 0 Å². The Morgan fingerprint density at radius 1 is 0.815 bits per heavy atom. The van der Waals surface area contributed by atoms with Gasteiger partial charge >= 0.3 is 0 Å². The first kappa shape index (κ1) is 21.3. The van der Waals surface area contributed by atoms with Crippen LogP contribution in [0.4, 0.5) is 0 Å². The van der Waals surface area contributed by atoms with Gasteiger partial charge in [0, 0.05) is 18.7 Å². The monoisotopic (exact) mass is 369 g/mol. The maximum absolute atomic E-state index is 6.13. The van der Waals surface area contributed by atoms with E-state index >= 15 is 0 Å². The molecule has 0 bridgehead atoms. The second-order valence-corrected chi connectivity index (χ2v) is 7.09. The number of benzene rings is 2. The van der Waals surface area contributed by atoms with Gasteiger partial charge in [0.25, 0.3) is 0 Å². The minimum Gasteiger partial charge on any atom is -0.493 e. The van der Waals surface area contributed by atoms with E-state index in [0.717, 1.165) is 43.2 Å². The molecular weight excluding hydrogens is 334 g/mol. The van der Waals surface area contributed by atoms with Crippen molar-refractivity contribution in [3.8, 4) is 11.5 Å². The van der Waals surface area contributed by atoms with Gasteiger partial charge in [-0.05, 0) is 30.5 Å². The molecule has 0 spiro atoms. The Balaban J connectivity index is 1.87. The van der Waals surface area contributed by atoms with E-state index in [2.05, 4.69) is 49.5 Å². The van der Waals surface area contributed by atoms with Crippen molar-refractivity contribution >= 4 is 0 Å². The van der Waals surface area contributed by atoms with E-state index in [1.807, 2.05) is 12.1 Å². The molecule has 2 aromatic carbocycles. The molecule has 148 valence electrons. The lowest BCUT2D eigenvalue weighted by Gasteiger charge is -2.16. The van der Waals surface area contributed by atoms with Crippen LogP contribution in [0.3, 0.4) is 0 Å². The van der Waals surface area contributed by atoms with E-state index in [-0.39, 0.29) is 0 Å². The Morgan fingerprint density at radius 3 is 2.30 bits per heavy atom. The molecule has 1 N–H and O–H groups in total. The van der Waals surface area contributed by atoms with Gasteiger partial charge in [-0.25, -0.2) is 0 Å². The van der Waals surface area contributed by atoms with Crippen molar-refractivity contribution in [3.05, 3.63) is 59.2 Å². The molecule has 0 aliphatic carbocycles. The van der Waals surface area contributed by atoms with Crippen molar-refractivity contribution in [2.24, 2.45) is 0 Å². The van der Waals surface area contributed by atoms with Crippen molar-refractivity contribution in [2.45, 2.75) is 65.5 Å². The standard InChI is InChI=1S/C24H35NO2/c1-4-5-6-7-8-11-17-27-24-22(15-12-16-23(24)26-3)19-25-18-21-14-10-9-13-20(21)2/h9-10,12-16,25H,4-8,11,17-19H2,1-3H3. The summed E-state index contributed by atoms with van der Waals surface area (Å²) in [5.41, 5.74) is 3.79. The third-order valence-electron chi connectivity index (χ3n) is 4.92. The molecule has 27 heavy (non-hydrogen) atoms. The summed E-state index contributed by atoms with van der Waals surface area (Å²) in [6, 6.07) is 14.6. The Kier molecular flexibility index (Phi) is 9.78. The number of hydrogen-bond acceptors (Lipinski definition) is 3. The minimum atomic E-state index is 0.747. The summed E-state index contributed by atoms with van der Waals surface area (Å²) >= 11 is 0. The van der Waals surface area contributed by atoms with Crippen LogP contribution in [0, 0.1) is 6.92 Å². The van der Waals surface area contributed by atoms with Gasteiger partial charge in [-0.1, -0.05) is 75.4 Å². The number of aryl methyl sites for hydroxylation is 1. The molecule has 2 aromatic rings. The Bertz CT molecular complexity index is 669. The van der Waals surface area contributed by atoms with E-state index < -0.39 is 0 Å². The summed E-state index contributed by atoms with van der Waals surface area (Å²) in [6.45, 7) is 6.76. The van der Waals surface area contributed by atoms with Crippen LogP contribution in [0.1, 0.15) is 62.1 Å². The first-order valence-corrected chi connectivity index (χ1v) is 10.3. The van der Waals surface area contributed by atoms with Crippen LogP contribution in [-0.4, -0.2) is 13.7 Å². The molecule has 0 heterocycles. The van der Waals surface area contributed by atoms with Gasteiger partial charge in [0.1, 0.15) is 0 Å². The molecule has 0 aromatic heterocycles. The summed E-state index contributed by atoms with van der Waals surface area (Å²) in [4.78, 5) is 0. The third-order valence-corrected chi connectivity index (χ3v) is 4.92. The van der Waals surface area contributed by atoms with Crippen LogP contribution in [-0.2, 0) is 13.1 Å². The maximum atomic E-state index is 6.13. The van der Waals surface area contributed by atoms with E-state index in [1.54, 1.807) is 7.11 Å². The predicted octanol–water partition coefficient (Wildman–Crippen LogP) is 6.03. The van der Waals surface area contributed by atoms with Gasteiger partial charge in [-0.2, -0.15) is 0 Å². The first-order chi connectivity index (χ1) is 13.3. The Morgan fingerprint density at radius 2 is 1.52 bits per heavy atom. The number of hydrogen-bond donors (Lipinski definition) is 1. The maximum Gasteiger partial charge on any atom is 0.165 e. The minimum absolute atomic E-state index is 0.747. The molecule has 0 atom stereocenters. The Hall–Kier alpha value is -2.00. The molecule has 0 saturated heterocycles. The van der Waals surface area contributed by atoms with E-state index in [0.29, 0.717) is 0 Å². The topological polar surface area (TPSA) is 30.5 Å². The molecule has 0 radical (unpaired) electrons. The molecule has 0 unspecified atom stereocenters. The van der Waals surface area contributed by atoms with Crippen molar-refractivity contribution in [2.75, 3.05) is 13.7 Å². The lowest BCUT2D eigenvalue weighted by molar-refractivity contribution is 0.281. The summed E-state index contributed by atoms with van der Waals surface area (Å²) in [5.74, 6) is 1.70.